The van der Waals surface area contributed by atoms with Gasteiger partial charge >= 0.3 is 0 Å². The summed E-state index contributed by atoms with van der Waals surface area (Å²) < 4.78 is 0.701. The molecule has 2 N–H and O–H groups in total. The molecule has 0 heterocycles. The van der Waals surface area contributed by atoms with Crippen LogP contribution in [0.5, 0.6) is 0 Å². The van der Waals surface area contributed by atoms with Crippen molar-refractivity contribution in [1.82, 2.24) is 0 Å². The van der Waals surface area contributed by atoms with Crippen LogP contribution in [0, 0.1) is 0 Å². The molecule has 3 aromatic carbocycles. The number of anilines is 2. The molecule has 0 aliphatic carbocycles. The average molecular weight is 430 g/mol. The number of rotatable bonds is 4. The molecule has 130 valence electrons. The summed E-state index contributed by atoms with van der Waals surface area (Å²) in [6, 6.07) is 20.8. The highest BCUT2D eigenvalue weighted by molar-refractivity contribution is 9.10. The van der Waals surface area contributed by atoms with E-state index in [2.05, 4.69) is 26.6 Å². The SMILES string of the molecule is O=C(Nc1cccc(Cl)c1)c1cccc(NC(=O)c2ccccc2Br)c1. The quantitative estimate of drug-likeness (QED) is 0.566. The van der Waals surface area contributed by atoms with Crippen molar-refractivity contribution in [3.05, 3.63) is 93.4 Å². The molecular formula is C20H14BrClN2O2. The highest BCUT2D eigenvalue weighted by Crippen LogP contribution is 2.20. The highest BCUT2D eigenvalue weighted by atomic mass is 79.9. The molecule has 0 aromatic heterocycles. The molecule has 0 saturated carbocycles. The minimum Gasteiger partial charge on any atom is -0.322 e. The largest absolute Gasteiger partial charge is 0.322 e. The van der Waals surface area contributed by atoms with E-state index in [0.29, 0.717) is 32.0 Å². The van der Waals surface area contributed by atoms with E-state index in [1.165, 1.54) is 0 Å². The van der Waals surface area contributed by atoms with E-state index in [0.717, 1.165) is 0 Å². The monoisotopic (exact) mass is 428 g/mol. The molecule has 0 fully saturated rings. The van der Waals surface area contributed by atoms with E-state index in [9.17, 15) is 9.59 Å². The molecule has 2 amide bonds. The van der Waals surface area contributed by atoms with Crippen molar-refractivity contribution in [2.75, 3.05) is 10.6 Å². The van der Waals surface area contributed by atoms with Gasteiger partial charge in [0.1, 0.15) is 0 Å². The van der Waals surface area contributed by atoms with E-state index in [1.54, 1.807) is 66.7 Å². The molecule has 0 saturated heterocycles. The molecule has 3 rings (SSSR count). The van der Waals surface area contributed by atoms with Gasteiger partial charge in [0.15, 0.2) is 0 Å². The second-order valence-corrected chi connectivity index (χ2v) is 6.77. The molecular weight excluding hydrogens is 416 g/mol. The van der Waals surface area contributed by atoms with Crippen LogP contribution < -0.4 is 10.6 Å². The number of halogens is 2. The summed E-state index contributed by atoms with van der Waals surface area (Å²) in [7, 11) is 0. The standard InChI is InChI=1S/C20H14BrClN2O2/c21-18-10-2-1-9-17(18)20(26)24-15-7-3-5-13(11-15)19(25)23-16-8-4-6-14(22)12-16/h1-12H,(H,23,25)(H,24,26). The summed E-state index contributed by atoms with van der Waals surface area (Å²) in [4.78, 5) is 24.8. The molecule has 0 unspecified atom stereocenters. The van der Waals surface area contributed by atoms with Crippen molar-refractivity contribution < 1.29 is 9.59 Å². The van der Waals surface area contributed by atoms with Crippen molar-refractivity contribution in [1.29, 1.82) is 0 Å². The van der Waals surface area contributed by atoms with Crippen molar-refractivity contribution >= 4 is 50.7 Å². The van der Waals surface area contributed by atoms with Crippen LogP contribution in [0.15, 0.2) is 77.3 Å². The van der Waals surface area contributed by atoms with Crippen LogP contribution in [0.25, 0.3) is 0 Å². The lowest BCUT2D eigenvalue weighted by Gasteiger charge is -2.09. The summed E-state index contributed by atoms with van der Waals surface area (Å²) in [6.45, 7) is 0. The molecule has 26 heavy (non-hydrogen) atoms. The summed E-state index contributed by atoms with van der Waals surface area (Å²) in [5, 5.41) is 6.11. The summed E-state index contributed by atoms with van der Waals surface area (Å²) in [6.07, 6.45) is 0. The molecule has 0 aliphatic rings. The van der Waals surface area contributed by atoms with E-state index in [4.69, 9.17) is 11.6 Å². The van der Waals surface area contributed by atoms with Crippen LogP contribution in [0.4, 0.5) is 11.4 Å². The van der Waals surface area contributed by atoms with Gasteiger partial charge in [-0.05, 0) is 64.5 Å². The molecule has 6 heteroatoms. The third-order valence-electron chi connectivity index (χ3n) is 3.58. The van der Waals surface area contributed by atoms with E-state index >= 15 is 0 Å². The zero-order valence-corrected chi connectivity index (χ0v) is 15.8. The predicted octanol–water partition coefficient (Wildman–Crippen LogP) is 5.61. The second kappa shape index (κ2) is 8.17. The molecule has 0 aliphatic heterocycles. The van der Waals surface area contributed by atoms with Gasteiger partial charge in [0, 0.05) is 26.4 Å². The van der Waals surface area contributed by atoms with Crippen LogP contribution in [-0.2, 0) is 0 Å². The first-order valence-corrected chi connectivity index (χ1v) is 8.93. The summed E-state index contributed by atoms with van der Waals surface area (Å²) in [5.74, 6) is -0.547. The molecule has 0 radical (unpaired) electrons. The Balaban J connectivity index is 1.74. The number of hydrogen-bond acceptors (Lipinski definition) is 2. The summed E-state index contributed by atoms with van der Waals surface area (Å²) in [5.41, 5.74) is 2.07. The molecule has 0 spiro atoms. The highest BCUT2D eigenvalue weighted by Gasteiger charge is 2.11. The van der Waals surface area contributed by atoms with Crippen molar-refractivity contribution in [3.63, 3.8) is 0 Å². The second-order valence-electron chi connectivity index (χ2n) is 5.48. The van der Waals surface area contributed by atoms with Crippen molar-refractivity contribution in [2.24, 2.45) is 0 Å². The first-order chi connectivity index (χ1) is 12.5. The Hall–Kier alpha value is -2.63. The Morgan fingerprint density at radius 3 is 2.15 bits per heavy atom. The van der Waals surface area contributed by atoms with Crippen LogP contribution in [0.2, 0.25) is 5.02 Å². The van der Waals surface area contributed by atoms with Crippen LogP contribution in [-0.4, -0.2) is 11.8 Å². The fraction of sp³-hybridized carbons (Fsp3) is 0. The third-order valence-corrected chi connectivity index (χ3v) is 4.51. The maximum absolute atomic E-state index is 12.4. The van der Waals surface area contributed by atoms with Crippen LogP contribution in [0.1, 0.15) is 20.7 Å². The van der Waals surface area contributed by atoms with Crippen molar-refractivity contribution in [2.45, 2.75) is 0 Å². The number of amides is 2. The maximum atomic E-state index is 12.4. The fourth-order valence-electron chi connectivity index (χ4n) is 2.35. The predicted molar refractivity (Wildman–Crippen MR) is 108 cm³/mol. The molecule has 0 bridgehead atoms. The Labute approximate surface area is 164 Å². The lowest BCUT2D eigenvalue weighted by Crippen LogP contribution is -2.15. The van der Waals surface area contributed by atoms with Gasteiger partial charge < -0.3 is 10.6 Å². The number of carbonyl (C=O) groups excluding carboxylic acids is 2. The van der Waals surface area contributed by atoms with Gasteiger partial charge in [-0.15, -0.1) is 0 Å². The van der Waals surface area contributed by atoms with Crippen LogP contribution >= 0.6 is 27.5 Å². The number of nitrogens with one attached hydrogen (secondary N) is 2. The zero-order valence-electron chi connectivity index (χ0n) is 13.5. The Kier molecular flexibility index (Phi) is 5.71. The average Bonchev–Trinajstić information content (AvgIpc) is 2.62. The first kappa shape index (κ1) is 18.2. The van der Waals surface area contributed by atoms with E-state index in [1.807, 2.05) is 6.07 Å². The Morgan fingerprint density at radius 2 is 1.42 bits per heavy atom. The summed E-state index contributed by atoms with van der Waals surface area (Å²) >= 11 is 9.28. The Morgan fingerprint density at radius 1 is 0.769 bits per heavy atom. The normalized spacial score (nSPS) is 10.2. The van der Waals surface area contributed by atoms with Crippen LogP contribution in [0.3, 0.4) is 0 Å². The van der Waals surface area contributed by atoms with E-state index < -0.39 is 0 Å². The zero-order chi connectivity index (χ0) is 18.5. The van der Waals surface area contributed by atoms with Gasteiger partial charge in [0.2, 0.25) is 0 Å². The van der Waals surface area contributed by atoms with Gasteiger partial charge in [-0.3, -0.25) is 9.59 Å². The van der Waals surface area contributed by atoms with Gasteiger partial charge in [-0.1, -0.05) is 35.9 Å². The topological polar surface area (TPSA) is 58.2 Å². The lowest BCUT2D eigenvalue weighted by molar-refractivity contribution is 0.101. The smallest absolute Gasteiger partial charge is 0.256 e. The van der Waals surface area contributed by atoms with Crippen molar-refractivity contribution in [3.8, 4) is 0 Å². The van der Waals surface area contributed by atoms with E-state index in [-0.39, 0.29) is 11.8 Å². The lowest BCUT2D eigenvalue weighted by atomic mass is 10.1. The van der Waals surface area contributed by atoms with Gasteiger partial charge in [-0.25, -0.2) is 0 Å². The fourth-order valence-corrected chi connectivity index (χ4v) is 3.01. The van der Waals surface area contributed by atoms with Gasteiger partial charge in [0.25, 0.3) is 11.8 Å². The number of hydrogen-bond donors (Lipinski definition) is 2. The third kappa shape index (κ3) is 4.50. The minimum absolute atomic E-state index is 0.259. The minimum atomic E-state index is -0.288. The molecule has 4 nitrogen and oxygen atoms in total. The molecule has 3 aromatic rings. The Bertz CT molecular complexity index is 975. The maximum Gasteiger partial charge on any atom is 0.256 e. The van der Waals surface area contributed by atoms with Gasteiger partial charge in [0.05, 0.1) is 5.56 Å². The van der Waals surface area contributed by atoms with Gasteiger partial charge in [-0.2, -0.15) is 0 Å². The number of carbonyl (C=O) groups is 2. The number of benzene rings is 3. The molecule has 0 atom stereocenters. The first-order valence-electron chi connectivity index (χ1n) is 7.76.